The van der Waals surface area contributed by atoms with Crippen molar-refractivity contribution in [2.75, 3.05) is 0 Å². The van der Waals surface area contributed by atoms with Gasteiger partial charge in [0.2, 0.25) is 0 Å². The molecule has 5 heteroatoms. The van der Waals surface area contributed by atoms with E-state index in [1.165, 1.54) is 12.8 Å². The second-order valence-electron chi connectivity index (χ2n) is 5.04. The number of nitrogens with zero attached hydrogens (tertiary/aromatic N) is 2. The molecule has 1 aliphatic carbocycles. The van der Waals surface area contributed by atoms with Gasteiger partial charge < -0.3 is 10.1 Å². The number of aromatic nitrogens is 2. The number of hydrogen-bond donors (Lipinski definition) is 1. The van der Waals surface area contributed by atoms with Gasteiger partial charge in [-0.05, 0) is 43.5 Å². The highest BCUT2D eigenvalue weighted by atomic mass is 35.5. The maximum atomic E-state index is 5.91. The Bertz CT molecular complexity index is 597. The minimum atomic E-state index is 0.352. The Balaban J connectivity index is 1.64. The first-order valence-corrected chi connectivity index (χ1v) is 7.07. The molecule has 1 aromatic carbocycles. The van der Waals surface area contributed by atoms with E-state index >= 15 is 0 Å². The number of hydrogen-bond acceptors (Lipinski definition) is 4. The largest absolute Gasteiger partial charge is 0.424 e. The van der Waals surface area contributed by atoms with E-state index in [1.807, 2.05) is 19.1 Å². The van der Waals surface area contributed by atoms with Crippen molar-refractivity contribution in [3.05, 3.63) is 46.7 Å². The molecule has 3 rings (SSSR count). The van der Waals surface area contributed by atoms with Crippen molar-refractivity contribution < 1.29 is 4.74 Å². The molecule has 0 aliphatic heterocycles. The summed E-state index contributed by atoms with van der Waals surface area (Å²) in [6, 6.07) is 6.50. The van der Waals surface area contributed by atoms with Crippen LogP contribution in [-0.2, 0) is 6.54 Å². The highest BCUT2D eigenvalue weighted by Crippen LogP contribution is 2.25. The number of aryl methyl sites for hydroxylation is 1. The lowest BCUT2D eigenvalue weighted by Gasteiger charge is -2.08. The monoisotopic (exact) mass is 289 g/mol. The SMILES string of the molecule is Cc1cc(Cl)ccc1Oc1ncc(CNC2CC2)cn1. The molecule has 0 atom stereocenters. The topological polar surface area (TPSA) is 47.0 Å². The first-order valence-electron chi connectivity index (χ1n) is 6.69. The van der Waals surface area contributed by atoms with Crippen LogP contribution in [0, 0.1) is 6.92 Å². The summed E-state index contributed by atoms with van der Waals surface area (Å²) in [4.78, 5) is 8.46. The zero-order valence-corrected chi connectivity index (χ0v) is 12.0. The fourth-order valence-corrected chi connectivity index (χ4v) is 2.09. The molecule has 1 aromatic heterocycles. The van der Waals surface area contributed by atoms with Crippen LogP contribution in [0.3, 0.4) is 0 Å². The minimum absolute atomic E-state index is 0.352. The number of ether oxygens (including phenoxy) is 1. The second-order valence-corrected chi connectivity index (χ2v) is 5.48. The average Bonchev–Trinajstić information content (AvgIpc) is 3.25. The third kappa shape index (κ3) is 3.46. The van der Waals surface area contributed by atoms with E-state index in [4.69, 9.17) is 16.3 Å². The molecule has 20 heavy (non-hydrogen) atoms. The fraction of sp³-hybridized carbons (Fsp3) is 0.333. The van der Waals surface area contributed by atoms with E-state index in [2.05, 4.69) is 15.3 Å². The standard InChI is InChI=1S/C15H16ClN3O/c1-10-6-12(16)2-5-14(10)20-15-18-8-11(9-19-15)7-17-13-3-4-13/h2,5-6,8-9,13,17H,3-4,7H2,1H3. The maximum Gasteiger partial charge on any atom is 0.321 e. The Morgan fingerprint density at radius 1 is 1.30 bits per heavy atom. The first kappa shape index (κ1) is 13.3. The molecule has 4 nitrogen and oxygen atoms in total. The van der Waals surface area contributed by atoms with Crippen LogP contribution in [0.4, 0.5) is 0 Å². The molecule has 1 heterocycles. The van der Waals surface area contributed by atoms with Crippen LogP contribution in [0.2, 0.25) is 5.02 Å². The Morgan fingerprint density at radius 2 is 2.05 bits per heavy atom. The molecule has 1 aliphatic rings. The lowest BCUT2D eigenvalue weighted by Crippen LogP contribution is -2.15. The lowest BCUT2D eigenvalue weighted by molar-refractivity contribution is 0.437. The van der Waals surface area contributed by atoms with Crippen molar-refractivity contribution in [3.63, 3.8) is 0 Å². The first-order chi connectivity index (χ1) is 9.70. The van der Waals surface area contributed by atoms with Crippen molar-refractivity contribution in [1.29, 1.82) is 0 Å². The van der Waals surface area contributed by atoms with Gasteiger partial charge in [0.15, 0.2) is 0 Å². The third-order valence-corrected chi connectivity index (χ3v) is 3.43. The summed E-state index contributed by atoms with van der Waals surface area (Å²) in [6.07, 6.45) is 6.14. The van der Waals surface area contributed by atoms with Crippen molar-refractivity contribution >= 4 is 11.6 Å². The van der Waals surface area contributed by atoms with Crippen LogP contribution < -0.4 is 10.1 Å². The van der Waals surface area contributed by atoms with Gasteiger partial charge in [-0.1, -0.05) is 11.6 Å². The lowest BCUT2D eigenvalue weighted by atomic mass is 10.2. The van der Waals surface area contributed by atoms with Crippen LogP contribution >= 0.6 is 11.6 Å². The molecule has 2 aromatic rings. The summed E-state index contributed by atoms with van der Waals surface area (Å²) in [5.41, 5.74) is 2.03. The Hall–Kier alpha value is -1.65. The molecule has 0 bridgehead atoms. The Morgan fingerprint density at radius 3 is 2.70 bits per heavy atom. The highest BCUT2D eigenvalue weighted by molar-refractivity contribution is 6.30. The summed E-state index contributed by atoms with van der Waals surface area (Å²) in [6.45, 7) is 2.75. The van der Waals surface area contributed by atoms with Gasteiger partial charge in [-0.2, -0.15) is 0 Å². The van der Waals surface area contributed by atoms with Crippen LogP contribution in [0.15, 0.2) is 30.6 Å². The molecule has 1 N–H and O–H groups in total. The highest BCUT2D eigenvalue weighted by Gasteiger charge is 2.19. The summed E-state index contributed by atoms with van der Waals surface area (Å²) >= 11 is 5.91. The molecule has 104 valence electrons. The van der Waals surface area contributed by atoms with Gasteiger partial charge in [0.1, 0.15) is 5.75 Å². The van der Waals surface area contributed by atoms with Crippen LogP contribution in [0.5, 0.6) is 11.8 Å². The predicted molar refractivity (Wildman–Crippen MR) is 78.2 cm³/mol. The Labute approximate surface area is 123 Å². The van der Waals surface area contributed by atoms with E-state index in [1.54, 1.807) is 18.5 Å². The van der Waals surface area contributed by atoms with Crippen molar-refractivity contribution in [3.8, 4) is 11.8 Å². The van der Waals surface area contributed by atoms with E-state index in [0.717, 1.165) is 23.4 Å². The third-order valence-electron chi connectivity index (χ3n) is 3.19. The molecular formula is C15H16ClN3O. The molecule has 1 fully saturated rings. The van der Waals surface area contributed by atoms with E-state index < -0.39 is 0 Å². The van der Waals surface area contributed by atoms with Gasteiger partial charge in [0, 0.05) is 35.6 Å². The second kappa shape index (κ2) is 5.77. The zero-order chi connectivity index (χ0) is 13.9. The number of halogens is 1. The van der Waals surface area contributed by atoms with E-state index in [-0.39, 0.29) is 0 Å². The van der Waals surface area contributed by atoms with Gasteiger partial charge in [-0.15, -0.1) is 0 Å². The molecule has 0 unspecified atom stereocenters. The summed E-state index contributed by atoms with van der Waals surface area (Å²) in [5, 5.41) is 4.11. The number of nitrogens with one attached hydrogen (secondary N) is 1. The molecule has 0 saturated heterocycles. The van der Waals surface area contributed by atoms with Gasteiger partial charge in [0.25, 0.3) is 0 Å². The fourth-order valence-electron chi connectivity index (χ4n) is 1.86. The van der Waals surface area contributed by atoms with Gasteiger partial charge in [-0.25, -0.2) is 9.97 Å². The smallest absolute Gasteiger partial charge is 0.321 e. The number of rotatable bonds is 5. The summed E-state index contributed by atoms with van der Waals surface area (Å²) in [7, 11) is 0. The van der Waals surface area contributed by atoms with Gasteiger partial charge >= 0.3 is 6.01 Å². The van der Waals surface area contributed by atoms with E-state index in [9.17, 15) is 0 Å². The van der Waals surface area contributed by atoms with Crippen LogP contribution in [0.1, 0.15) is 24.0 Å². The summed E-state index contributed by atoms with van der Waals surface area (Å²) < 4.78 is 5.66. The van der Waals surface area contributed by atoms with E-state index in [0.29, 0.717) is 17.1 Å². The Kier molecular flexibility index (Phi) is 3.85. The molecule has 0 amide bonds. The van der Waals surface area contributed by atoms with Gasteiger partial charge in [-0.3, -0.25) is 0 Å². The molecule has 1 saturated carbocycles. The maximum absolute atomic E-state index is 5.91. The molecule has 0 radical (unpaired) electrons. The average molecular weight is 290 g/mol. The predicted octanol–water partition coefficient (Wildman–Crippen LogP) is 3.48. The minimum Gasteiger partial charge on any atom is -0.424 e. The van der Waals surface area contributed by atoms with Crippen LogP contribution in [-0.4, -0.2) is 16.0 Å². The number of benzene rings is 1. The zero-order valence-electron chi connectivity index (χ0n) is 11.3. The molecular weight excluding hydrogens is 274 g/mol. The quantitative estimate of drug-likeness (QED) is 0.915. The van der Waals surface area contributed by atoms with Gasteiger partial charge in [0.05, 0.1) is 0 Å². The van der Waals surface area contributed by atoms with Crippen molar-refractivity contribution in [2.24, 2.45) is 0 Å². The summed E-state index contributed by atoms with van der Waals surface area (Å²) in [5.74, 6) is 0.721. The normalized spacial score (nSPS) is 14.3. The molecule has 0 spiro atoms. The van der Waals surface area contributed by atoms with Crippen LogP contribution in [0.25, 0.3) is 0 Å². The van der Waals surface area contributed by atoms with Crippen molar-refractivity contribution in [2.45, 2.75) is 32.4 Å². The van der Waals surface area contributed by atoms with Crippen molar-refractivity contribution in [1.82, 2.24) is 15.3 Å².